The van der Waals surface area contributed by atoms with Gasteiger partial charge in [-0.15, -0.1) is 0 Å². The first-order valence-corrected chi connectivity index (χ1v) is 8.00. The van der Waals surface area contributed by atoms with E-state index in [-0.39, 0.29) is 24.9 Å². The molecule has 134 valence electrons. The second kappa shape index (κ2) is 7.88. The first-order chi connectivity index (χ1) is 11.3. The number of nitrogens with zero attached hydrogens (tertiary/aromatic N) is 2. The third-order valence-corrected chi connectivity index (χ3v) is 4.28. The number of benzene rings is 1. The van der Waals surface area contributed by atoms with Crippen LogP contribution in [0.1, 0.15) is 24.8 Å². The molecule has 4 nitrogen and oxygen atoms in total. The molecular formula is C17H23F3N2O2. The lowest BCUT2D eigenvalue weighted by molar-refractivity contribution is -0.151. The number of carbonyl (C=O) groups excluding carboxylic acids is 1. The number of alkyl halides is 3. The maximum absolute atomic E-state index is 12.4. The summed E-state index contributed by atoms with van der Waals surface area (Å²) in [6.45, 7) is 2.24. The number of amides is 1. The lowest BCUT2D eigenvalue weighted by Gasteiger charge is -2.35. The number of hydrogen-bond donors (Lipinski definition) is 0. The van der Waals surface area contributed by atoms with E-state index in [1.807, 2.05) is 31.2 Å². The lowest BCUT2D eigenvalue weighted by atomic mass is 9.96. The van der Waals surface area contributed by atoms with Gasteiger partial charge in [0, 0.05) is 32.6 Å². The summed E-state index contributed by atoms with van der Waals surface area (Å²) in [6, 6.07) is 7.55. The zero-order valence-electron chi connectivity index (χ0n) is 14.0. The van der Waals surface area contributed by atoms with E-state index in [0.29, 0.717) is 19.5 Å². The molecule has 1 heterocycles. The first kappa shape index (κ1) is 18.6. The van der Waals surface area contributed by atoms with Gasteiger partial charge in [0.2, 0.25) is 5.91 Å². The van der Waals surface area contributed by atoms with E-state index < -0.39 is 12.7 Å². The molecule has 2 rings (SSSR count). The fraction of sp³-hybridized carbons (Fsp3) is 0.588. The summed E-state index contributed by atoms with van der Waals surface area (Å²) in [4.78, 5) is 15.4. The monoisotopic (exact) mass is 344 g/mol. The Balaban J connectivity index is 1.87. The van der Waals surface area contributed by atoms with Crippen molar-refractivity contribution in [3.63, 3.8) is 0 Å². The molecule has 1 aliphatic rings. The van der Waals surface area contributed by atoms with Gasteiger partial charge in [-0.1, -0.05) is 25.1 Å². The largest absolute Gasteiger partial charge is 0.496 e. The van der Waals surface area contributed by atoms with E-state index in [0.717, 1.165) is 11.3 Å². The van der Waals surface area contributed by atoms with Crippen molar-refractivity contribution in [2.75, 3.05) is 39.8 Å². The molecule has 1 saturated heterocycles. The van der Waals surface area contributed by atoms with Crippen molar-refractivity contribution in [1.82, 2.24) is 9.80 Å². The summed E-state index contributed by atoms with van der Waals surface area (Å²) in [6.07, 6.45) is -3.87. The zero-order valence-corrected chi connectivity index (χ0v) is 14.0. The van der Waals surface area contributed by atoms with Crippen molar-refractivity contribution >= 4 is 5.91 Å². The van der Waals surface area contributed by atoms with Crippen LogP contribution in [0.2, 0.25) is 0 Å². The maximum atomic E-state index is 12.4. The summed E-state index contributed by atoms with van der Waals surface area (Å²) >= 11 is 0. The Hall–Kier alpha value is -1.76. The number of ether oxygens (including phenoxy) is 1. The average Bonchev–Trinajstić information content (AvgIpc) is 2.53. The second-order valence-corrected chi connectivity index (χ2v) is 6.12. The number of rotatable bonds is 5. The molecule has 1 fully saturated rings. The molecule has 0 aromatic heterocycles. The van der Waals surface area contributed by atoms with Crippen molar-refractivity contribution in [3.05, 3.63) is 29.8 Å². The molecule has 1 amide bonds. The minimum Gasteiger partial charge on any atom is -0.496 e. The van der Waals surface area contributed by atoms with Crippen LogP contribution in [-0.2, 0) is 4.79 Å². The highest BCUT2D eigenvalue weighted by Crippen LogP contribution is 2.29. The van der Waals surface area contributed by atoms with Crippen molar-refractivity contribution in [2.24, 2.45) is 0 Å². The quantitative estimate of drug-likeness (QED) is 0.823. The maximum Gasteiger partial charge on any atom is 0.401 e. The first-order valence-electron chi connectivity index (χ1n) is 8.00. The number of carbonyl (C=O) groups is 1. The van der Waals surface area contributed by atoms with Crippen LogP contribution in [0.15, 0.2) is 24.3 Å². The van der Waals surface area contributed by atoms with Gasteiger partial charge in [-0.2, -0.15) is 13.2 Å². The predicted molar refractivity (Wildman–Crippen MR) is 85.1 cm³/mol. The Bertz CT molecular complexity index is 555. The number of halogens is 3. The Labute approximate surface area is 140 Å². The predicted octanol–water partition coefficient (Wildman–Crippen LogP) is 2.90. The van der Waals surface area contributed by atoms with Crippen LogP contribution in [0.3, 0.4) is 0 Å². The highest BCUT2D eigenvalue weighted by molar-refractivity contribution is 5.77. The third-order valence-electron chi connectivity index (χ3n) is 4.28. The normalized spacial score (nSPS) is 17.6. The Morgan fingerprint density at radius 2 is 1.83 bits per heavy atom. The minimum absolute atomic E-state index is 0.0122. The van der Waals surface area contributed by atoms with Gasteiger partial charge in [0.25, 0.3) is 0 Å². The molecule has 0 radical (unpaired) electrons. The lowest BCUT2D eigenvalue weighted by Crippen LogP contribution is -2.51. The highest BCUT2D eigenvalue weighted by atomic mass is 19.4. The van der Waals surface area contributed by atoms with Gasteiger partial charge in [-0.25, -0.2) is 0 Å². The number of para-hydroxylation sites is 1. The number of methoxy groups -OCH3 is 1. The van der Waals surface area contributed by atoms with Crippen LogP contribution >= 0.6 is 0 Å². The molecule has 0 saturated carbocycles. The van der Waals surface area contributed by atoms with Gasteiger partial charge < -0.3 is 9.64 Å². The fourth-order valence-electron chi connectivity index (χ4n) is 2.98. The SMILES string of the molecule is COc1ccccc1C(C)CC(=O)N1CCN(CC(F)(F)F)CC1. The minimum atomic E-state index is -4.19. The van der Waals surface area contributed by atoms with E-state index in [9.17, 15) is 18.0 Å². The van der Waals surface area contributed by atoms with Crippen molar-refractivity contribution in [2.45, 2.75) is 25.4 Å². The summed E-state index contributed by atoms with van der Waals surface area (Å²) in [5, 5.41) is 0. The van der Waals surface area contributed by atoms with Crippen molar-refractivity contribution in [3.8, 4) is 5.75 Å². The summed E-state index contributed by atoms with van der Waals surface area (Å²) in [5.41, 5.74) is 0.962. The second-order valence-electron chi connectivity index (χ2n) is 6.12. The molecule has 1 aromatic carbocycles. The number of hydrogen-bond acceptors (Lipinski definition) is 3. The standard InChI is InChI=1S/C17H23F3N2O2/c1-13(14-5-3-4-6-15(14)24-2)11-16(23)22-9-7-21(8-10-22)12-17(18,19)20/h3-6,13H,7-12H2,1-2H3. The molecule has 0 spiro atoms. The molecule has 0 N–H and O–H groups in total. The molecule has 24 heavy (non-hydrogen) atoms. The summed E-state index contributed by atoms with van der Waals surface area (Å²) in [5.74, 6) is 0.703. The molecule has 1 aliphatic heterocycles. The Morgan fingerprint density at radius 1 is 1.21 bits per heavy atom. The van der Waals surface area contributed by atoms with Gasteiger partial charge >= 0.3 is 6.18 Å². The van der Waals surface area contributed by atoms with Crippen LogP contribution in [0, 0.1) is 0 Å². The van der Waals surface area contributed by atoms with Crippen LogP contribution < -0.4 is 4.74 Å². The highest BCUT2D eigenvalue weighted by Gasteiger charge is 2.33. The van der Waals surface area contributed by atoms with Gasteiger partial charge in [-0.05, 0) is 17.5 Å². The smallest absolute Gasteiger partial charge is 0.401 e. The molecule has 1 aromatic rings. The van der Waals surface area contributed by atoms with Gasteiger partial charge in [0.1, 0.15) is 5.75 Å². The Kier molecular flexibility index (Phi) is 6.10. The fourth-order valence-corrected chi connectivity index (χ4v) is 2.98. The van der Waals surface area contributed by atoms with E-state index in [4.69, 9.17) is 4.74 Å². The van der Waals surface area contributed by atoms with E-state index in [1.54, 1.807) is 12.0 Å². The van der Waals surface area contributed by atoms with Crippen LogP contribution in [-0.4, -0.2) is 61.7 Å². The summed E-state index contributed by atoms with van der Waals surface area (Å²) < 4.78 is 42.5. The molecule has 1 atom stereocenters. The van der Waals surface area contributed by atoms with Gasteiger partial charge in [0.15, 0.2) is 0 Å². The Morgan fingerprint density at radius 3 is 2.42 bits per heavy atom. The van der Waals surface area contributed by atoms with E-state index in [1.165, 1.54) is 4.90 Å². The average molecular weight is 344 g/mol. The van der Waals surface area contributed by atoms with E-state index in [2.05, 4.69) is 0 Å². The van der Waals surface area contributed by atoms with Crippen LogP contribution in [0.5, 0.6) is 5.75 Å². The van der Waals surface area contributed by atoms with Crippen LogP contribution in [0.4, 0.5) is 13.2 Å². The third kappa shape index (κ3) is 5.12. The van der Waals surface area contributed by atoms with Crippen molar-refractivity contribution in [1.29, 1.82) is 0 Å². The van der Waals surface area contributed by atoms with Gasteiger partial charge in [0.05, 0.1) is 13.7 Å². The topological polar surface area (TPSA) is 32.8 Å². The summed E-state index contributed by atoms with van der Waals surface area (Å²) in [7, 11) is 1.59. The molecular weight excluding hydrogens is 321 g/mol. The number of piperazine rings is 1. The molecule has 1 unspecified atom stereocenters. The molecule has 0 aliphatic carbocycles. The van der Waals surface area contributed by atoms with Crippen LogP contribution in [0.25, 0.3) is 0 Å². The molecule has 7 heteroatoms. The van der Waals surface area contributed by atoms with E-state index >= 15 is 0 Å². The molecule has 0 bridgehead atoms. The van der Waals surface area contributed by atoms with Crippen molar-refractivity contribution < 1.29 is 22.7 Å². The van der Waals surface area contributed by atoms with Gasteiger partial charge in [-0.3, -0.25) is 9.69 Å². The zero-order chi connectivity index (χ0) is 17.7.